The van der Waals surface area contributed by atoms with E-state index in [0.717, 1.165) is 6.42 Å². The van der Waals surface area contributed by atoms with Gasteiger partial charge in [0.05, 0.1) is 11.5 Å². The lowest BCUT2D eigenvalue weighted by molar-refractivity contribution is 0.0948. The van der Waals surface area contributed by atoms with Gasteiger partial charge in [-0.05, 0) is 19.8 Å². The van der Waals surface area contributed by atoms with Gasteiger partial charge in [0.15, 0.2) is 9.84 Å². The summed E-state index contributed by atoms with van der Waals surface area (Å²) in [4.78, 5) is 20.2. The molecule has 1 saturated heterocycles. The first-order valence-electron chi connectivity index (χ1n) is 7.00. The predicted octanol–water partition coefficient (Wildman–Crippen LogP) is 0.524. The Balaban J connectivity index is 2.10. The number of aryl methyl sites for hydroxylation is 1. The lowest BCUT2D eigenvalue weighted by Crippen LogP contribution is -2.26. The first-order valence-corrected chi connectivity index (χ1v) is 8.82. The Hall–Kier alpha value is -1.70. The number of amides is 1. The molecule has 1 aromatic rings. The van der Waals surface area contributed by atoms with Crippen molar-refractivity contribution in [3.8, 4) is 0 Å². The van der Waals surface area contributed by atoms with Crippen LogP contribution in [-0.4, -0.2) is 48.4 Å². The van der Waals surface area contributed by atoms with Gasteiger partial charge in [-0.3, -0.25) is 4.79 Å². The molecular formula is C13H20N4O3S. The van der Waals surface area contributed by atoms with Crippen molar-refractivity contribution < 1.29 is 13.2 Å². The molecule has 21 heavy (non-hydrogen) atoms. The third kappa shape index (κ3) is 4.38. The fraction of sp³-hybridized carbons (Fsp3) is 0.615. The van der Waals surface area contributed by atoms with E-state index in [1.807, 2.05) is 6.92 Å². The molecule has 0 aliphatic carbocycles. The van der Waals surface area contributed by atoms with Crippen LogP contribution in [0.25, 0.3) is 0 Å². The van der Waals surface area contributed by atoms with Crippen molar-refractivity contribution in [1.29, 1.82) is 0 Å². The van der Waals surface area contributed by atoms with E-state index in [4.69, 9.17) is 0 Å². The van der Waals surface area contributed by atoms with E-state index in [9.17, 15) is 13.2 Å². The molecule has 2 N–H and O–H groups in total. The van der Waals surface area contributed by atoms with E-state index >= 15 is 0 Å². The summed E-state index contributed by atoms with van der Waals surface area (Å²) >= 11 is 0. The summed E-state index contributed by atoms with van der Waals surface area (Å²) in [6, 6.07) is 1.40. The molecule has 1 aromatic heterocycles. The number of nitrogens with one attached hydrogen (secondary N) is 2. The molecule has 1 aliphatic rings. The molecule has 116 valence electrons. The van der Waals surface area contributed by atoms with Crippen molar-refractivity contribution in [2.75, 3.05) is 23.4 Å². The Kier molecular flexibility index (Phi) is 4.76. The van der Waals surface area contributed by atoms with E-state index in [2.05, 4.69) is 20.6 Å². The predicted molar refractivity (Wildman–Crippen MR) is 80.1 cm³/mol. The van der Waals surface area contributed by atoms with Gasteiger partial charge in [-0.2, -0.15) is 0 Å². The van der Waals surface area contributed by atoms with E-state index in [1.165, 1.54) is 0 Å². The summed E-state index contributed by atoms with van der Waals surface area (Å²) in [5.74, 6) is 1.02. The van der Waals surface area contributed by atoms with Crippen LogP contribution >= 0.6 is 0 Å². The number of carbonyl (C=O) groups excluding carboxylic acids is 1. The second-order valence-electron chi connectivity index (χ2n) is 5.19. The molecule has 2 rings (SSSR count). The van der Waals surface area contributed by atoms with Crippen molar-refractivity contribution in [3.63, 3.8) is 0 Å². The smallest absolute Gasteiger partial charge is 0.270 e. The van der Waals surface area contributed by atoms with Crippen LogP contribution in [0.1, 0.15) is 36.1 Å². The van der Waals surface area contributed by atoms with Gasteiger partial charge in [-0.15, -0.1) is 0 Å². The summed E-state index contributed by atoms with van der Waals surface area (Å²) in [5.41, 5.74) is 0.291. The van der Waals surface area contributed by atoms with E-state index in [-0.39, 0.29) is 23.5 Å². The molecule has 1 atom stereocenters. The maximum absolute atomic E-state index is 11.9. The Bertz CT molecular complexity index is 630. The number of sulfone groups is 1. The third-order valence-corrected chi connectivity index (χ3v) is 4.96. The van der Waals surface area contributed by atoms with Crippen molar-refractivity contribution in [3.05, 3.63) is 17.6 Å². The molecule has 0 aromatic carbocycles. The van der Waals surface area contributed by atoms with Crippen LogP contribution in [0.5, 0.6) is 0 Å². The molecule has 7 nitrogen and oxygen atoms in total. The Morgan fingerprint density at radius 2 is 2.19 bits per heavy atom. The minimum Gasteiger partial charge on any atom is -0.366 e. The van der Waals surface area contributed by atoms with Gasteiger partial charge in [-0.1, -0.05) is 6.92 Å². The van der Waals surface area contributed by atoms with Crippen molar-refractivity contribution in [2.45, 2.75) is 32.7 Å². The minimum absolute atomic E-state index is 0.105. The molecule has 0 saturated carbocycles. The van der Waals surface area contributed by atoms with Gasteiger partial charge < -0.3 is 10.6 Å². The molecular weight excluding hydrogens is 292 g/mol. The highest BCUT2D eigenvalue weighted by atomic mass is 32.2. The zero-order chi connectivity index (χ0) is 15.5. The fourth-order valence-corrected chi connectivity index (χ4v) is 3.88. The van der Waals surface area contributed by atoms with Crippen LogP contribution in [0.2, 0.25) is 0 Å². The second kappa shape index (κ2) is 6.38. The van der Waals surface area contributed by atoms with Crippen LogP contribution in [-0.2, 0) is 9.84 Å². The Morgan fingerprint density at radius 3 is 2.81 bits per heavy atom. The number of hydrogen-bond acceptors (Lipinski definition) is 6. The molecule has 1 unspecified atom stereocenters. The van der Waals surface area contributed by atoms with Crippen LogP contribution in [0, 0.1) is 6.92 Å². The highest BCUT2D eigenvalue weighted by molar-refractivity contribution is 7.91. The van der Waals surface area contributed by atoms with Gasteiger partial charge in [0.1, 0.15) is 17.3 Å². The van der Waals surface area contributed by atoms with E-state index in [0.29, 0.717) is 30.3 Å². The standard InChI is InChI=1S/C13H20N4O3S/c1-3-5-14-13(18)11-7-12(16-9(2)15-11)17-10-4-6-21(19,20)8-10/h7,10H,3-6,8H2,1-2H3,(H,14,18)(H,15,16,17). The molecule has 1 fully saturated rings. The highest BCUT2D eigenvalue weighted by Crippen LogP contribution is 2.16. The Labute approximate surface area is 124 Å². The van der Waals surface area contributed by atoms with Gasteiger partial charge >= 0.3 is 0 Å². The maximum Gasteiger partial charge on any atom is 0.270 e. The number of carbonyl (C=O) groups is 1. The summed E-state index contributed by atoms with van der Waals surface area (Å²) < 4.78 is 22.9. The average molecular weight is 312 g/mol. The topological polar surface area (TPSA) is 101 Å². The van der Waals surface area contributed by atoms with Crippen LogP contribution < -0.4 is 10.6 Å². The lowest BCUT2D eigenvalue weighted by atomic mass is 10.2. The van der Waals surface area contributed by atoms with Crippen molar-refractivity contribution in [1.82, 2.24) is 15.3 Å². The maximum atomic E-state index is 11.9. The second-order valence-corrected chi connectivity index (χ2v) is 7.41. The lowest BCUT2D eigenvalue weighted by Gasteiger charge is -2.13. The van der Waals surface area contributed by atoms with Crippen LogP contribution in [0.4, 0.5) is 5.82 Å². The van der Waals surface area contributed by atoms with E-state index < -0.39 is 9.84 Å². The zero-order valence-electron chi connectivity index (χ0n) is 12.2. The Morgan fingerprint density at radius 1 is 1.43 bits per heavy atom. The normalized spacial score (nSPS) is 20.2. The van der Waals surface area contributed by atoms with Gasteiger partial charge in [0, 0.05) is 18.7 Å². The number of rotatable bonds is 5. The summed E-state index contributed by atoms with van der Waals surface area (Å²) in [7, 11) is -2.95. The molecule has 0 radical (unpaired) electrons. The number of hydrogen-bond donors (Lipinski definition) is 2. The number of anilines is 1. The third-order valence-electron chi connectivity index (χ3n) is 3.19. The monoisotopic (exact) mass is 312 g/mol. The summed E-state index contributed by atoms with van der Waals surface area (Å²) in [6.45, 7) is 4.26. The summed E-state index contributed by atoms with van der Waals surface area (Å²) in [6.07, 6.45) is 1.41. The van der Waals surface area contributed by atoms with Gasteiger partial charge in [-0.25, -0.2) is 18.4 Å². The highest BCUT2D eigenvalue weighted by Gasteiger charge is 2.28. The van der Waals surface area contributed by atoms with Gasteiger partial charge in [0.2, 0.25) is 0 Å². The van der Waals surface area contributed by atoms with E-state index in [1.54, 1.807) is 13.0 Å². The molecule has 2 heterocycles. The number of nitrogens with zero attached hydrogens (tertiary/aromatic N) is 2. The summed E-state index contributed by atoms with van der Waals surface area (Å²) in [5, 5.41) is 5.84. The average Bonchev–Trinajstić information content (AvgIpc) is 2.74. The first kappa shape index (κ1) is 15.7. The van der Waals surface area contributed by atoms with Crippen molar-refractivity contribution in [2.24, 2.45) is 0 Å². The van der Waals surface area contributed by atoms with Crippen LogP contribution in [0.3, 0.4) is 0 Å². The SMILES string of the molecule is CCCNC(=O)c1cc(NC2CCS(=O)(=O)C2)nc(C)n1. The molecule has 1 amide bonds. The number of aromatic nitrogens is 2. The van der Waals surface area contributed by atoms with Crippen molar-refractivity contribution >= 4 is 21.6 Å². The zero-order valence-corrected chi connectivity index (χ0v) is 13.0. The van der Waals surface area contributed by atoms with Gasteiger partial charge in [0.25, 0.3) is 5.91 Å². The first-order chi connectivity index (χ1) is 9.89. The molecule has 8 heteroatoms. The molecule has 0 spiro atoms. The molecule has 0 bridgehead atoms. The molecule has 1 aliphatic heterocycles. The fourth-order valence-electron chi connectivity index (χ4n) is 2.21. The quantitative estimate of drug-likeness (QED) is 0.822. The largest absolute Gasteiger partial charge is 0.366 e. The van der Waals surface area contributed by atoms with Crippen LogP contribution in [0.15, 0.2) is 6.07 Å². The minimum atomic E-state index is -2.95.